The Kier molecular flexibility index (Phi) is 9.03. The Hall–Kier alpha value is -5.65. The second kappa shape index (κ2) is 12.9. The van der Waals surface area contributed by atoms with E-state index >= 15 is 0 Å². The van der Waals surface area contributed by atoms with Gasteiger partial charge >= 0.3 is 5.69 Å². The van der Waals surface area contributed by atoms with Gasteiger partial charge in [0.15, 0.2) is 16.8 Å². The second-order valence-corrected chi connectivity index (χ2v) is 11.9. The maximum atomic E-state index is 13.7. The number of aromatic hydroxyl groups is 1. The average molecular weight is 664 g/mol. The van der Waals surface area contributed by atoms with Crippen LogP contribution in [0.25, 0.3) is 11.2 Å². The van der Waals surface area contributed by atoms with Crippen LogP contribution < -0.4 is 37.7 Å². The van der Waals surface area contributed by atoms with Crippen molar-refractivity contribution >= 4 is 46.7 Å². The van der Waals surface area contributed by atoms with E-state index < -0.39 is 41.1 Å². The third-order valence-electron chi connectivity index (χ3n) is 8.50. The quantitative estimate of drug-likeness (QED) is 0.162. The van der Waals surface area contributed by atoms with E-state index in [2.05, 4.69) is 35.9 Å². The number of imidazole rings is 1. The SMILES string of the molecule is Cc1c(C)c2c(c(C)c1O)CCC(C)(C(=O)Nc1nc(NC(=O)CCCN)nc(NC(=O)Cn3cnc4c3c(=O)n(C)c(=O)n4C)n1)O2. The van der Waals surface area contributed by atoms with Gasteiger partial charge in [-0.05, 0) is 63.8 Å². The maximum absolute atomic E-state index is 13.7. The van der Waals surface area contributed by atoms with Crippen molar-refractivity contribution in [2.45, 2.75) is 65.5 Å². The highest BCUT2D eigenvalue weighted by atomic mass is 16.5. The number of phenols is 1. The van der Waals surface area contributed by atoms with Gasteiger partial charge in [-0.3, -0.25) is 44.3 Å². The highest BCUT2D eigenvalue weighted by Crippen LogP contribution is 2.43. The van der Waals surface area contributed by atoms with Crippen LogP contribution in [0.2, 0.25) is 0 Å². The summed E-state index contributed by atoms with van der Waals surface area (Å²) in [5.41, 5.74) is 5.95. The predicted octanol–water partition coefficient (Wildman–Crippen LogP) is 0.288. The first kappa shape index (κ1) is 33.7. The summed E-state index contributed by atoms with van der Waals surface area (Å²) < 4.78 is 9.63. The lowest BCUT2D eigenvalue weighted by Crippen LogP contribution is -2.48. The number of ether oxygens (including phenoxy) is 1. The zero-order valence-electron chi connectivity index (χ0n) is 27.4. The van der Waals surface area contributed by atoms with Gasteiger partial charge in [0.2, 0.25) is 29.7 Å². The molecule has 3 amide bonds. The molecule has 6 N–H and O–H groups in total. The lowest BCUT2D eigenvalue weighted by atomic mass is 9.86. The summed E-state index contributed by atoms with van der Waals surface area (Å²) in [5.74, 6) is -1.83. The van der Waals surface area contributed by atoms with Crippen molar-refractivity contribution in [2.75, 3.05) is 22.5 Å². The van der Waals surface area contributed by atoms with Crippen LogP contribution in [0, 0.1) is 20.8 Å². The number of aromatic nitrogens is 7. The molecule has 48 heavy (non-hydrogen) atoms. The van der Waals surface area contributed by atoms with Crippen molar-refractivity contribution in [3.8, 4) is 11.5 Å². The zero-order valence-corrected chi connectivity index (χ0v) is 27.4. The predicted molar refractivity (Wildman–Crippen MR) is 174 cm³/mol. The number of benzene rings is 1. The van der Waals surface area contributed by atoms with E-state index in [9.17, 15) is 29.1 Å². The number of phenolic OH excluding ortho intramolecular Hbond substituents is 1. The Morgan fingerprint density at radius 2 is 1.58 bits per heavy atom. The van der Waals surface area contributed by atoms with Crippen LogP contribution in [0.5, 0.6) is 11.5 Å². The molecule has 1 aliphatic heterocycles. The van der Waals surface area contributed by atoms with Gasteiger partial charge in [0.1, 0.15) is 18.0 Å². The molecule has 4 aromatic rings. The van der Waals surface area contributed by atoms with Crippen molar-refractivity contribution < 1.29 is 24.2 Å². The van der Waals surface area contributed by atoms with E-state index in [1.165, 1.54) is 29.6 Å². The molecule has 1 aromatic carbocycles. The van der Waals surface area contributed by atoms with Gasteiger partial charge in [-0.15, -0.1) is 0 Å². The molecular formula is C30H37N11O7. The molecule has 0 fully saturated rings. The van der Waals surface area contributed by atoms with Crippen LogP contribution in [0.15, 0.2) is 15.9 Å². The van der Waals surface area contributed by atoms with Gasteiger partial charge in [-0.2, -0.15) is 15.0 Å². The van der Waals surface area contributed by atoms with Gasteiger partial charge < -0.3 is 20.1 Å². The van der Waals surface area contributed by atoms with Crippen molar-refractivity contribution in [3.05, 3.63) is 49.4 Å². The number of nitrogens with two attached hydrogens (primary N) is 1. The minimum Gasteiger partial charge on any atom is -0.507 e. The molecule has 0 saturated heterocycles. The van der Waals surface area contributed by atoms with E-state index in [1.807, 2.05) is 6.92 Å². The molecule has 1 aliphatic rings. The summed E-state index contributed by atoms with van der Waals surface area (Å²) >= 11 is 0. The maximum Gasteiger partial charge on any atom is 0.332 e. The molecule has 3 aromatic heterocycles. The summed E-state index contributed by atoms with van der Waals surface area (Å²) in [5, 5.41) is 18.1. The van der Waals surface area contributed by atoms with Gasteiger partial charge in [0, 0.05) is 32.5 Å². The summed E-state index contributed by atoms with van der Waals surface area (Å²) in [7, 11) is 2.77. The standard InChI is InChI=1S/C30H37N11O7/c1-14-15(2)22-17(16(3)21(14)44)9-10-30(4,48-22)25(46)35-28-37-26(33-18(42)8-7-11-31)36-27(38-28)34-19(43)12-41-13-32-23-20(41)24(45)40(6)29(47)39(23)5/h13,44H,7-12,31H2,1-6H3,(H3,33,34,35,36,37,38,42,43,46). The summed E-state index contributed by atoms with van der Waals surface area (Å²) in [6.45, 7) is 6.88. The number of anilines is 3. The van der Waals surface area contributed by atoms with Crippen LogP contribution in [0.3, 0.4) is 0 Å². The van der Waals surface area contributed by atoms with Crippen molar-refractivity contribution in [1.29, 1.82) is 0 Å². The van der Waals surface area contributed by atoms with Crippen LogP contribution in [0.1, 0.15) is 48.4 Å². The lowest BCUT2D eigenvalue weighted by Gasteiger charge is -2.36. The smallest absolute Gasteiger partial charge is 0.332 e. The molecule has 18 nitrogen and oxygen atoms in total. The Labute approximate surface area is 273 Å². The molecule has 0 aliphatic carbocycles. The Morgan fingerprint density at radius 3 is 2.23 bits per heavy atom. The minimum atomic E-state index is -1.36. The number of nitrogens with one attached hydrogen (secondary N) is 3. The number of carbonyl (C=O) groups is 3. The van der Waals surface area contributed by atoms with Crippen LogP contribution in [-0.4, -0.2) is 68.6 Å². The average Bonchev–Trinajstić information content (AvgIpc) is 3.46. The highest BCUT2D eigenvalue weighted by molar-refractivity contribution is 5.97. The van der Waals surface area contributed by atoms with Crippen molar-refractivity contribution in [3.63, 3.8) is 0 Å². The zero-order chi connectivity index (χ0) is 35.1. The van der Waals surface area contributed by atoms with Gasteiger partial charge in [0.25, 0.3) is 11.5 Å². The first-order valence-corrected chi connectivity index (χ1v) is 15.1. The number of amides is 3. The topological polar surface area (TPSA) is 243 Å². The number of aryl methyl sites for hydroxylation is 1. The Balaban J connectivity index is 1.41. The second-order valence-electron chi connectivity index (χ2n) is 11.9. The normalized spacial score (nSPS) is 15.5. The number of hydrogen-bond acceptors (Lipinski definition) is 12. The number of carbonyl (C=O) groups excluding carboxylic acids is 3. The molecule has 18 heteroatoms. The summed E-state index contributed by atoms with van der Waals surface area (Å²) in [6, 6.07) is 0. The molecule has 1 atom stereocenters. The van der Waals surface area contributed by atoms with E-state index in [4.69, 9.17) is 10.5 Å². The molecule has 254 valence electrons. The summed E-state index contributed by atoms with van der Waals surface area (Å²) in [6.07, 6.45) is 2.47. The fraction of sp³-hybridized carbons (Fsp3) is 0.433. The Morgan fingerprint density at radius 1 is 0.958 bits per heavy atom. The van der Waals surface area contributed by atoms with E-state index in [0.29, 0.717) is 35.3 Å². The third kappa shape index (κ3) is 6.20. The largest absolute Gasteiger partial charge is 0.507 e. The monoisotopic (exact) mass is 663 g/mol. The fourth-order valence-corrected chi connectivity index (χ4v) is 5.47. The number of hydrogen-bond donors (Lipinski definition) is 5. The van der Waals surface area contributed by atoms with Gasteiger partial charge in [0.05, 0.1) is 6.33 Å². The number of rotatable bonds is 9. The van der Waals surface area contributed by atoms with Crippen molar-refractivity contribution in [2.24, 2.45) is 19.8 Å². The highest BCUT2D eigenvalue weighted by Gasteiger charge is 2.41. The molecule has 0 radical (unpaired) electrons. The number of nitrogens with zero attached hydrogens (tertiary/aromatic N) is 7. The van der Waals surface area contributed by atoms with Crippen LogP contribution in [0.4, 0.5) is 17.8 Å². The molecule has 5 rings (SSSR count). The van der Waals surface area contributed by atoms with Gasteiger partial charge in [-0.25, -0.2) is 9.78 Å². The molecular weight excluding hydrogens is 626 g/mol. The first-order valence-electron chi connectivity index (χ1n) is 15.1. The van der Waals surface area contributed by atoms with Crippen molar-refractivity contribution in [1.82, 2.24) is 33.6 Å². The molecule has 4 heterocycles. The minimum absolute atomic E-state index is 0.0318. The molecule has 0 bridgehead atoms. The van der Waals surface area contributed by atoms with Crippen LogP contribution in [-0.2, 0) is 41.4 Å². The number of fused-ring (bicyclic) bond motifs is 2. The van der Waals surface area contributed by atoms with Gasteiger partial charge in [-0.1, -0.05) is 0 Å². The Bertz CT molecular complexity index is 2100. The third-order valence-corrected chi connectivity index (χ3v) is 8.50. The lowest BCUT2D eigenvalue weighted by molar-refractivity contribution is -0.131. The van der Waals surface area contributed by atoms with E-state index in [-0.39, 0.29) is 54.1 Å². The summed E-state index contributed by atoms with van der Waals surface area (Å²) in [4.78, 5) is 80.9. The molecule has 0 spiro atoms. The van der Waals surface area contributed by atoms with E-state index in [1.54, 1.807) is 20.8 Å². The van der Waals surface area contributed by atoms with Crippen LogP contribution >= 0.6 is 0 Å². The molecule has 0 saturated carbocycles. The molecule has 1 unspecified atom stereocenters. The van der Waals surface area contributed by atoms with E-state index in [0.717, 1.165) is 10.1 Å². The first-order chi connectivity index (χ1) is 22.6. The fourth-order valence-electron chi connectivity index (χ4n) is 5.47.